The maximum atomic E-state index is 15.1. The third-order valence-corrected chi connectivity index (χ3v) is 34.9. The van der Waals surface area contributed by atoms with Gasteiger partial charge >= 0.3 is 28.4 Å². The maximum Gasteiger partial charge on any atom is 0.351 e. The van der Waals surface area contributed by atoms with Gasteiger partial charge in [0.25, 0.3) is 22.2 Å². The zero-order chi connectivity index (χ0) is 104. The van der Waals surface area contributed by atoms with E-state index in [2.05, 4.69) is 54.8 Å². The molecule has 72 heteroatoms. The van der Waals surface area contributed by atoms with Crippen LogP contribution in [0.5, 0.6) is 0 Å². The number of aryl methyl sites for hydroxylation is 5. The van der Waals surface area contributed by atoms with Gasteiger partial charge in [0.15, 0.2) is 29.7 Å². The fraction of sp³-hybridized carbons (Fsp3) is 0.583. The minimum atomic E-state index is -5.03. The van der Waals surface area contributed by atoms with E-state index >= 15 is 4.89 Å². The smallest absolute Gasteiger partial charge is 0.351 e. The lowest BCUT2D eigenvalue weighted by Crippen LogP contribution is -2.34. The van der Waals surface area contributed by atoms with Crippen LogP contribution < -0.4 is 97.2 Å². The Balaban J connectivity index is 0.610. The maximum absolute atomic E-state index is 15.1. The highest BCUT2D eigenvalue weighted by molar-refractivity contribution is 8.32. The molecule has 9 aromatic heterocycles. The van der Waals surface area contributed by atoms with Crippen molar-refractivity contribution in [3.8, 4) is 0 Å². The summed E-state index contributed by atoms with van der Waals surface area (Å²) in [5.74, 6) is -0.218. The summed E-state index contributed by atoms with van der Waals surface area (Å²) < 4.78 is 148. The van der Waals surface area contributed by atoms with Crippen LogP contribution in [0.15, 0.2) is 99.4 Å². The number of nitrogens with two attached hydrogens (primary N) is 3. The fourth-order valence-electron chi connectivity index (χ4n) is 16.7. The molecule has 58 nitrogen and oxygen atoms in total. The van der Waals surface area contributed by atoms with Crippen LogP contribution in [0.1, 0.15) is 130 Å². The van der Waals surface area contributed by atoms with Crippen molar-refractivity contribution in [2.75, 3.05) is 64.0 Å². The molecule has 16 heterocycles. The van der Waals surface area contributed by atoms with Gasteiger partial charge in [-0.05, 0) is 41.0 Å². The molecule has 9 aromatic rings. The molecule has 7 fully saturated rings. The van der Waals surface area contributed by atoms with Crippen LogP contribution in [-0.2, 0) is 184 Å². The molecule has 7 aliphatic heterocycles. The molecule has 0 spiro atoms. The van der Waals surface area contributed by atoms with Crippen LogP contribution in [0.4, 0.5) is 17.5 Å². The third kappa shape index (κ3) is 25.9. The average molecular weight is 2280 g/mol. The Bertz CT molecular complexity index is 7320. The second-order valence-corrected chi connectivity index (χ2v) is 52.7. The first kappa shape index (κ1) is 110. The molecule has 0 amide bonds. The summed E-state index contributed by atoms with van der Waals surface area (Å²) >= 11 is 38.0. The molecule has 788 valence electrons. The summed E-state index contributed by atoms with van der Waals surface area (Å²) in [5, 5.41) is 0. The summed E-state index contributed by atoms with van der Waals surface area (Å²) in [7, 11) is 1.02. The molecule has 7 unspecified atom stereocenters. The molecule has 28 atom stereocenters. The number of ether oxygens (including phenoxy) is 7. The number of anilines is 3. The number of imidazole rings is 2. The summed E-state index contributed by atoms with van der Waals surface area (Å²) in [4.78, 5) is 240. The van der Waals surface area contributed by atoms with Crippen molar-refractivity contribution >= 4 is 170 Å². The normalized spacial score (nSPS) is 29.7. The van der Waals surface area contributed by atoms with Crippen molar-refractivity contribution in [2.24, 2.45) is 0 Å². The SMILES string of the molecule is CC[C@H]1O[C@@H](n2cc(C)c(=O)[nH]c2=O)C[C@H]1OP([O-])(=S)OC[C@H]1O[C@@H](n2cc(C)c(=O)[nH]c2=O)C[C@H]1OP(=O)([S-])OC[C@H]1O[C@@H](n2cc(C)c(=O)[nH]c2=O)C[C@H]1OP([O-])(=S)OC[C@H]1O[C@@H](n2cnc3c(N)ncnc32)C[C@H]1OP([O-])(=S)OC[C@H]1O[C@@H](n2cnc3c(N)ncnc32)C[C@H]1OP([O-])(=S)OC[C@H]1O[C@@H](n2cc(C)c(N)nc2=O)C[C@H]1OP([O-])(=S)OC[C@H]1O[C@@H](n2cc(C)c(=O)[nH]c2=O)C[C@H]1OP([O-])(=S)OC. The number of aromatic amines is 4. The summed E-state index contributed by atoms with van der Waals surface area (Å²) in [6.45, 7) is -29.8. The average Bonchev–Trinajstić information content (AvgIpc) is 1.63. The highest BCUT2D eigenvalue weighted by Crippen LogP contribution is 2.57. The zero-order valence-corrected chi connectivity index (χ0v) is 87.8. The van der Waals surface area contributed by atoms with Gasteiger partial charge in [-0.1, -0.05) is 77.8 Å². The van der Waals surface area contributed by atoms with Crippen molar-refractivity contribution in [1.29, 1.82) is 0 Å². The van der Waals surface area contributed by atoms with Gasteiger partial charge in [0.05, 0.1) is 101 Å². The Kier molecular flexibility index (Phi) is 34.0. The van der Waals surface area contributed by atoms with E-state index in [9.17, 15) is 72.2 Å². The second-order valence-electron chi connectivity index (χ2n) is 33.6. The molecule has 10 N–H and O–H groups in total. The van der Waals surface area contributed by atoms with Crippen LogP contribution in [0.25, 0.3) is 22.3 Å². The lowest BCUT2D eigenvalue weighted by molar-refractivity contribution is -0.221. The number of H-pyrrole nitrogens is 4. The molecule has 0 radical (unpaired) electrons. The van der Waals surface area contributed by atoms with Gasteiger partial charge in [-0.25, -0.2) is 53.9 Å². The lowest BCUT2D eigenvalue weighted by atomic mass is 10.1. The van der Waals surface area contributed by atoms with Gasteiger partial charge in [-0.15, -0.1) is 0 Å². The first-order chi connectivity index (χ1) is 67.8. The lowest BCUT2D eigenvalue weighted by Gasteiger charge is -2.36. The molecule has 144 heavy (non-hydrogen) atoms. The first-order valence-electron chi connectivity index (χ1n) is 43.2. The van der Waals surface area contributed by atoms with E-state index in [1.54, 1.807) is 6.92 Å². The number of nitrogens with one attached hydrogen (secondary N) is 4. The van der Waals surface area contributed by atoms with Crippen LogP contribution in [0.2, 0.25) is 0 Å². The van der Waals surface area contributed by atoms with Gasteiger partial charge in [0.1, 0.15) is 150 Å². The number of hydrogen-bond acceptors (Lipinski definition) is 54. The van der Waals surface area contributed by atoms with E-state index in [-0.39, 0.29) is 101 Å². The predicted molar refractivity (Wildman–Crippen MR) is 509 cm³/mol. The van der Waals surface area contributed by atoms with Crippen LogP contribution >= 0.6 is 47.1 Å². The zero-order valence-electron chi connectivity index (χ0n) is 75.8. The van der Waals surface area contributed by atoms with Gasteiger partial charge < -0.3 is 155 Å². The van der Waals surface area contributed by atoms with Gasteiger partial charge in [0, 0.05) is 111 Å². The van der Waals surface area contributed by atoms with E-state index in [0.29, 0.717) is 5.56 Å². The Morgan fingerprint density at radius 1 is 0.361 bits per heavy atom. The number of aromatic nitrogens is 18. The molecule has 7 aliphatic rings. The number of nitrogen functional groups attached to an aromatic ring is 3. The molecule has 0 aromatic carbocycles. The molecule has 7 saturated heterocycles. The highest BCUT2D eigenvalue weighted by atomic mass is 32.7. The monoisotopic (exact) mass is 2280 g/mol. The van der Waals surface area contributed by atoms with E-state index in [4.69, 9.17) is 197 Å². The highest BCUT2D eigenvalue weighted by Gasteiger charge is 2.49. The quantitative estimate of drug-likeness (QED) is 0.0153. The molecular weight excluding hydrogens is 2190 g/mol. The standard InChI is InChI=1S/C72H96N21O37P7S7/c1-8-36-37(9-50(117-36)88-17-32(3)64(94)83-69(88)99)125-132(104,139)111-22-46-40(12-53(120-46)90-19-34(5)66(96)85-71(90)101)127-134(106,141)113-24-47-41(13-54(121-47)91-20-35(6)67(97)86-72(91)102)128-135(107,142)115-25-48-43(15-56(122-48)93-30-81-58-61(75)77-28-79-63(58)93)130-137(109,144)116-26-49-42(14-55(123-49)92-29-80-57-60(74)76-27-78-62(57)92)129-136(108,143)114-23-45-39(11-51(119-45)87-16-31(2)59(73)82-68(87)98)126-133(105,140)112-21-44-38(124-131(103,138)110-7)10-52(118-44)89-18-33(4)65(95)84-70(89)100/h16-20,27-30,36-56H,8-15,21-26H2,1-7H3,(H,103,138)(H,104,139)(H,105,140)(H,106,141)(H,107,142)(H,108,143)(H,109,144)(H2,73,82,98)(H2,74,76,78)(H2,75,77,79)(H,83,94,99)(H,84,95,100)(H,85,96,101)(H,86,97,102)/p-7/t36-,37-,38-,39-,40-,41-,42-,43-,44-,45-,46-,47-,48-,49-,50-,51-,52-,53-,54-,55-,56-,131?,132?,133?,134?,135?,136?,137?/m1/s1. The van der Waals surface area contributed by atoms with Gasteiger partial charge in [0.2, 0.25) is 0 Å². The predicted octanol–water partition coefficient (Wildman–Crippen LogP) is -2.56. The number of hydrogen-bond donors (Lipinski definition) is 7. The van der Waals surface area contributed by atoms with Crippen molar-refractivity contribution in [3.63, 3.8) is 0 Å². The van der Waals surface area contributed by atoms with Crippen LogP contribution in [-0.4, -0.2) is 219 Å². The topological polar surface area (TPSA) is 769 Å². The largest absolute Gasteiger partial charge is 0.780 e. The van der Waals surface area contributed by atoms with E-state index in [1.807, 2.05) is 0 Å². The van der Waals surface area contributed by atoms with E-state index < -0.39 is 279 Å². The third-order valence-electron chi connectivity index (χ3n) is 23.8. The van der Waals surface area contributed by atoms with Crippen molar-refractivity contribution in [3.05, 3.63) is 178 Å². The van der Waals surface area contributed by atoms with E-state index in [1.165, 1.54) is 81.2 Å². The summed E-state index contributed by atoms with van der Waals surface area (Å²) in [6, 6.07) is 0. The Morgan fingerprint density at radius 3 is 0.903 bits per heavy atom. The number of fused-ring (bicyclic) bond motifs is 2. The van der Waals surface area contributed by atoms with Gasteiger partial charge in [-0.3, -0.25) is 75.6 Å². The first-order valence-corrected chi connectivity index (χ1v) is 61.1. The number of rotatable bonds is 41. The molecule has 16 rings (SSSR count). The van der Waals surface area contributed by atoms with Gasteiger partial charge in [-0.2, -0.15) is 4.98 Å². The Labute approximate surface area is 845 Å². The Hall–Kier alpha value is -6.50. The molecule has 0 bridgehead atoms. The minimum Gasteiger partial charge on any atom is -0.780 e. The second kappa shape index (κ2) is 44.4. The summed E-state index contributed by atoms with van der Waals surface area (Å²) in [6.07, 6.45) is -19.7. The summed E-state index contributed by atoms with van der Waals surface area (Å²) in [5.41, 5.74) is 12.1. The van der Waals surface area contributed by atoms with Crippen LogP contribution in [0.3, 0.4) is 0 Å². The molecule has 0 aliphatic carbocycles. The Morgan fingerprint density at radius 2 is 0.611 bits per heavy atom. The van der Waals surface area contributed by atoms with Crippen molar-refractivity contribution in [2.45, 2.75) is 222 Å². The molecule has 0 saturated carbocycles. The minimum absolute atomic E-state index is 0.0161. The fourth-order valence-corrected chi connectivity index (χ4v) is 26.4. The van der Waals surface area contributed by atoms with Crippen molar-refractivity contribution in [1.82, 2.24) is 86.8 Å². The number of nitrogens with zero attached hydrogens (tertiary/aromatic N) is 14. The molecular formula is C72H89N21O37P7S7-7. The van der Waals surface area contributed by atoms with Crippen molar-refractivity contribution < 1.29 is 130 Å². The van der Waals surface area contributed by atoms with Crippen LogP contribution in [0, 0.1) is 34.6 Å². The van der Waals surface area contributed by atoms with E-state index in [0.717, 1.165) is 48.8 Å².